The van der Waals surface area contributed by atoms with Crippen LogP contribution in [0.15, 0.2) is 34.0 Å². The molecule has 142 valence electrons. The van der Waals surface area contributed by atoms with Crippen molar-refractivity contribution in [2.75, 3.05) is 11.1 Å². The van der Waals surface area contributed by atoms with Gasteiger partial charge in [-0.2, -0.15) is 0 Å². The average Bonchev–Trinajstić information content (AvgIpc) is 3.21. The van der Waals surface area contributed by atoms with Crippen molar-refractivity contribution in [3.05, 3.63) is 46.9 Å². The number of anilines is 1. The summed E-state index contributed by atoms with van der Waals surface area (Å²) < 4.78 is 7.37. The molecule has 0 aliphatic carbocycles. The first-order chi connectivity index (χ1) is 12.9. The number of nitrogens with zero attached hydrogens (tertiary/aromatic N) is 3. The van der Waals surface area contributed by atoms with E-state index in [0.29, 0.717) is 6.54 Å². The Morgan fingerprint density at radius 2 is 1.89 bits per heavy atom. The van der Waals surface area contributed by atoms with E-state index in [1.807, 2.05) is 38.3 Å². The van der Waals surface area contributed by atoms with Gasteiger partial charge in [0.2, 0.25) is 5.91 Å². The molecule has 2 heterocycles. The molecule has 0 aliphatic rings. The Morgan fingerprint density at radius 3 is 2.48 bits per heavy atom. The van der Waals surface area contributed by atoms with Crippen LogP contribution in [0.5, 0.6) is 0 Å². The molecule has 1 amide bonds. The number of benzene rings is 1. The maximum atomic E-state index is 12.5. The van der Waals surface area contributed by atoms with Crippen LogP contribution in [-0.4, -0.2) is 26.4 Å². The van der Waals surface area contributed by atoms with Crippen LogP contribution in [0.3, 0.4) is 0 Å². The maximum Gasteiger partial charge on any atom is 0.234 e. The van der Waals surface area contributed by atoms with Crippen molar-refractivity contribution in [1.82, 2.24) is 14.8 Å². The molecule has 0 saturated heterocycles. The summed E-state index contributed by atoms with van der Waals surface area (Å²) in [4.78, 5) is 12.5. The summed E-state index contributed by atoms with van der Waals surface area (Å²) in [6.45, 7) is 10.7. The molecule has 2 aromatic heterocycles. The number of hydrogen-bond donors (Lipinski definition) is 1. The summed E-state index contributed by atoms with van der Waals surface area (Å²) in [6.07, 6.45) is 1.64. The van der Waals surface area contributed by atoms with E-state index >= 15 is 0 Å². The van der Waals surface area contributed by atoms with E-state index in [-0.39, 0.29) is 11.7 Å². The predicted octanol–water partition coefficient (Wildman–Crippen LogP) is 4.52. The van der Waals surface area contributed by atoms with E-state index in [0.717, 1.165) is 39.1 Å². The van der Waals surface area contributed by atoms with Gasteiger partial charge in [-0.15, -0.1) is 10.2 Å². The molecule has 0 bridgehead atoms. The molecule has 1 N–H and O–H groups in total. The van der Waals surface area contributed by atoms with Crippen molar-refractivity contribution >= 4 is 23.4 Å². The minimum absolute atomic E-state index is 0.0539. The van der Waals surface area contributed by atoms with Gasteiger partial charge in [-0.05, 0) is 51.8 Å². The first-order valence-corrected chi connectivity index (χ1v) is 9.87. The largest absolute Gasteiger partial charge is 0.469 e. The predicted molar refractivity (Wildman–Crippen MR) is 108 cm³/mol. The lowest BCUT2D eigenvalue weighted by atomic mass is 10.1. The summed E-state index contributed by atoms with van der Waals surface area (Å²) in [5.41, 5.74) is 5.14. The molecule has 3 rings (SSSR count). The zero-order valence-electron chi connectivity index (χ0n) is 16.3. The Morgan fingerprint density at radius 1 is 1.19 bits per heavy atom. The van der Waals surface area contributed by atoms with Crippen LogP contribution in [0.2, 0.25) is 0 Å². The van der Waals surface area contributed by atoms with Crippen LogP contribution >= 0.6 is 11.8 Å². The SMILES string of the molecule is CCn1c(SCC(=O)Nc2c(C)cc(C)cc2C)nnc1-c1ccoc1C. The Hall–Kier alpha value is -2.54. The number of thioether (sulfide) groups is 1. The average molecular weight is 385 g/mol. The van der Waals surface area contributed by atoms with E-state index in [9.17, 15) is 4.79 Å². The third kappa shape index (κ3) is 4.08. The molecular weight excluding hydrogens is 360 g/mol. The summed E-state index contributed by atoms with van der Waals surface area (Å²) in [7, 11) is 0. The number of aryl methyl sites for hydroxylation is 4. The quantitative estimate of drug-likeness (QED) is 0.633. The molecule has 27 heavy (non-hydrogen) atoms. The fourth-order valence-electron chi connectivity index (χ4n) is 3.18. The van der Waals surface area contributed by atoms with E-state index < -0.39 is 0 Å². The van der Waals surface area contributed by atoms with Crippen molar-refractivity contribution in [3.63, 3.8) is 0 Å². The smallest absolute Gasteiger partial charge is 0.234 e. The van der Waals surface area contributed by atoms with Crippen LogP contribution < -0.4 is 5.32 Å². The Bertz CT molecular complexity index is 951. The molecule has 3 aromatic rings. The Kier molecular flexibility index (Phi) is 5.70. The van der Waals surface area contributed by atoms with Crippen LogP contribution in [0.4, 0.5) is 5.69 Å². The number of amides is 1. The molecule has 0 spiro atoms. The number of rotatable bonds is 6. The summed E-state index contributed by atoms with van der Waals surface area (Å²) >= 11 is 1.38. The second-order valence-electron chi connectivity index (χ2n) is 6.55. The number of aromatic nitrogens is 3. The van der Waals surface area contributed by atoms with Gasteiger partial charge in [0.05, 0.1) is 17.6 Å². The van der Waals surface area contributed by atoms with Gasteiger partial charge in [-0.1, -0.05) is 29.5 Å². The molecule has 1 aromatic carbocycles. The lowest BCUT2D eigenvalue weighted by Crippen LogP contribution is -2.16. The minimum atomic E-state index is -0.0539. The van der Waals surface area contributed by atoms with Crippen LogP contribution in [0, 0.1) is 27.7 Å². The minimum Gasteiger partial charge on any atom is -0.469 e. The van der Waals surface area contributed by atoms with E-state index in [1.165, 1.54) is 17.3 Å². The Labute approximate surface area is 163 Å². The van der Waals surface area contributed by atoms with Gasteiger partial charge < -0.3 is 14.3 Å². The van der Waals surface area contributed by atoms with Crippen molar-refractivity contribution in [1.29, 1.82) is 0 Å². The second kappa shape index (κ2) is 8.00. The van der Waals surface area contributed by atoms with E-state index in [2.05, 4.69) is 34.6 Å². The second-order valence-corrected chi connectivity index (χ2v) is 7.49. The van der Waals surface area contributed by atoms with Gasteiger partial charge in [0, 0.05) is 12.2 Å². The third-order valence-electron chi connectivity index (χ3n) is 4.41. The van der Waals surface area contributed by atoms with Crippen molar-refractivity contribution < 1.29 is 9.21 Å². The van der Waals surface area contributed by atoms with Crippen LogP contribution in [0.25, 0.3) is 11.4 Å². The normalized spacial score (nSPS) is 11.0. The summed E-state index contributed by atoms with van der Waals surface area (Å²) in [5.74, 6) is 1.78. The zero-order chi connectivity index (χ0) is 19.6. The number of furan rings is 1. The lowest BCUT2D eigenvalue weighted by Gasteiger charge is -2.13. The zero-order valence-corrected chi connectivity index (χ0v) is 17.1. The molecule has 0 fully saturated rings. The topological polar surface area (TPSA) is 73.0 Å². The van der Waals surface area contributed by atoms with Gasteiger partial charge in [0.1, 0.15) is 5.76 Å². The number of carbonyl (C=O) groups excluding carboxylic acids is 1. The van der Waals surface area contributed by atoms with Crippen molar-refractivity contribution in [2.24, 2.45) is 0 Å². The van der Waals surface area contributed by atoms with E-state index in [1.54, 1.807) is 6.26 Å². The fraction of sp³-hybridized carbons (Fsp3) is 0.350. The molecule has 6 nitrogen and oxygen atoms in total. The maximum absolute atomic E-state index is 12.5. The van der Waals surface area contributed by atoms with Crippen molar-refractivity contribution in [2.45, 2.75) is 46.3 Å². The molecule has 7 heteroatoms. The highest BCUT2D eigenvalue weighted by molar-refractivity contribution is 7.99. The number of carbonyl (C=O) groups is 1. The Balaban J connectivity index is 1.71. The molecule has 0 radical (unpaired) electrons. The molecule has 0 saturated carbocycles. The third-order valence-corrected chi connectivity index (χ3v) is 5.37. The molecule has 0 aliphatic heterocycles. The van der Waals surface area contributed by atoms with Crippen LogP contribution in [0.1, 0.15) is 29.4 Å². The standard InChI is InChI=1S/C20H24N4O2S/c1-6-24-19(16-7-8-26-15(16)5)22-23-20(24)27-11-17(25)21-18-13(3)9-12(2)10-14(18)4/h7-10H,6,11H2,1-5H3,(H,21,25). The summed E-state index contributed by atoms with van der Waals surface area (Å²) in [5, 5.41) is 12.3. The van der Waals surface area contributed by atoms with Crippen molar-refractivity contribution in [3.8, 4) is 11.4 Å². The fourth-order valence-corrected chi connectivity index (χ4v) is 3.98. The number of hydrogen-bond acceptors (Lipinski definition) is 5. The van der Waals surface area contributed by atoms with Crippen LogP contribution in [-0.2, 0) is 11.3 Å². The number of nitrogens with one attached hydrogen (secondary N) is 1. The molecule has 0 atom stereocenters. The van der Waals surface area contributed by atoms with Gasteiger partial charge in [-0.25, -0.2) is 0 Å². The first kappa shape index (κ1) is 19.2. The van der Waals surface area contributed by atoms with Gasteiger partial charge in [0.25, 0.3) is 0 Å². The summed E-state index contributed by atoms with van der Waals surface area (Å²) in [6, 6.07) is 6.03. The highest BCUT2D eigenvalue weighted by atomic mass is 32.2. The lowest BCUT2D eigenvalue weighted by molar-refractivity contribution is -0.113. The first-order valence-electron chi connectivity index (χ1n) is 8.88. The van der Waals surface area contributed by atoms with E-state index in [4.69, 9.17) is 4.42 Å². The van der Waals surface area contributed by atoms with Gasteiger partial charge in [0.15, 0.2) is 11.0 Å². The molecular formula is C20H24N4O2S. The van der Waals surface area contributed by atoms with Gasteiger partial charge in [-0.3, -0.25) is 4.79 Å². The highest BCUT2D eigenvalue weighted by Crippen LogP contribution is 2.27. The van der Waals surface area contributed by atoms with Gasteiger partial charge >= 0.3 is 0 Å². The monoisotopic (exact) mass is 384 g/mol. The molecule has 0 unspecified atom stereocenters. The highest BCUT2D eigenvalue weighted by Gasteiger charge is 2.17.